The summed E-state index contributed by atoms with van der Waals surface area (Å²) in [6.45, 7) is 1.04. The third kappa shape index (κ3) is 5.37. The summed E-state index contributed by atoms with van der Waals surface area (Å²) in [5, 5.41) is 11.8. The molecule has 0 radical (unpaired) electrons. The number of amidine groups is 2. The minimum absolute atomic E-state index is 0.117. The molecule has 1 N–H and O–H groups in total. The molecule has 3 aromatic carbocycles. The van der Waals surface area contributed by atoms with E-state index in [0.717, 1.165) is 34.7 Å². The van der Waals surface area contributed by atoms with Crippen LogP contribution in [0.2, 0.25) is 5.02 Å². The number of nitrogens with one attached hydrogen (secondary N) is 1. The number of aliphatic imine (C=N–C) groups is 1. The molecule has 0 saturated carbocycles. The summed E-state index contributed by atoms with van der Waals surface area (Å²) in [6.07, 6.45) is 2.42. The SMILES string of the molecule is N=C1C(=Cc2ccc(OCCCOc3ccc(Cl)cc3)cc2)C(=O)N=C2SC=C(c3ccccc3)N12. The number of benzene rings is 3. The normalized spacial score (nSPS) is 16.0. The predicted molar refractivity (Wildman–Crippen MR) is 145 cm³/mol. The maximum absolute atomic E-state index is 12.7. The largest absolute Gasteiger partial charge is 0.493 e. The maximum Gasteiger partial charge on any atom is 0.283 e. The second-order valence-corrected chi connectivity index (χ2v) is 9.27. The first-order chi connectivity index (χ1) is 17.6. The van der Waals surface area contributed by atoms with Crippen molar-refractivity contribution in [2.75, 3.05) is 13.2 Å². The Kier molecular flexibility index (Phi) is 7.21. The number of fused-ring (bicyclic) bond motifs is 1. The van der Waals surface area contributed by atoms with Crippen LogP contribution in [0.25, 0.3) is 11.8 Å². The minimum Gasteiger partial charge on any atom is -0.493 e. The first-order valence-electron chi connectivity index (χ1n) is 11.4. The zero-order valence-electron chi connectivity index (χ0n) is 19.2. The van der Waals surface area contributed by atoms with E-state index in [1.54, 1.807) is 23.1 Å². The van der Waals surface area contributed by atoms with E-state index in [9.17, 15) is 4.79 Å². The minimum atomic E-state index is -0.414. The van der Waals surface area contributed by atoms with E-state index in [4.69, 9.17) is 26.5 Å². The number of hydrogen-bond acceptors (Lipinski definition) is 5. The molecule has 3 aromatic rings. The Hall–Kier alpha value is -3.81. The molecule has 0 fully saturated rings. The monoisotopic (exact) mass is 515 g/mol. The average Bonchev–Trinajstić information content (AvgIpc) is 3.33. The van der Waals surface area contributed by atoms with Gasteiger partial charge in [0, 0.05) is 16.9 Å². The highest BCUT2D eigenvalue weighted by Crippen LogP contribution is 2.37. The third-order valence-electron chi connectivity index (χ3n) is 5.51. The van der Waals surface area contributed by atoms with E-state index in [-0.39, 0.29) is 11.4 Å². The van der Waals surface area contributed by atoms with Crippen molar-refractivity contribution in [3.8, 4) is 11.5 Å². The summed E-state index contributed by atoms with van der Waals surface area (Å²) >= 11 is 7.23. The maximum atomic E-state index is 12.7. The standard InChI is InChI=1S/C28H22ClN3O3S/c29-21-9-13-23(14-10-21)35-16-4-15-34-22-11-7-19(8-12-22)17-24-26(30)32-25(20-5-2-1-3-6-20)18-36-28(32)31-27(24)33/h1-3,5-14,17-18,30H,4,15-16H2. The second-order valence-electron chi connectivity index (χ2n) is 8.00. The van der Waals surface area contributed by atoms with Gasteiger partial charge in [-0.05, 0) is 53.6 Å². The van der Waals surface area contributed by atoms with Crippen LogP contribution in [-0.4, -0.2) is 35.0 Å². The molecule has 0 unspecified atom stereocenters. The fourth-order valence-electron chi connectivity index (χ4n) is 3.71. The molecule has 0 saturated heterocycles. The van der Waals surface area contributed by atoms with E-state index >= 15 is 0 Å². The molecular weight excluding hydrogens is 494 g/mol. The zero-order chi connectivity index (χ0) is 24.9. The number of rotatable bonds is 8. The molecule has 1 amide bonds. The van der Waals surface area contributed by atoms with Gasteiger partial charge in [-0.3, -0.25) is 15.1 Å². The lowest BCUT2D eigenvalue weighted by Gasteiger charge is -2.26. The van der Waals surface area contributed by atoms with Crippen molar-refractivity contribution >= 4 is 52.0 Å². The number of ether oxygens (including phenoxy) is 2. The Morgan fingerprint density at radius 3 is 2.22 bits per heavy atom. The molecule has 0 atom stereocenters. The highest BCUT2D eigenvalue weighted by molar-refractivity contribution is 8.17. The number of amides is 1. The molecule has 6 nitrogen and oxygen atoms in total. The molecule has 2 aliphatic rings. The van der Waals surface area contributed by atoms with Gasteiger partial charge in [0.1, 0.15) is 17.3 Å². The molecule has 0 bridgehead atoms. The van der Waals surface area contributed by atoms with Crippen molar-refractivity contribution in [2.24, 2.45) is 4.99 Å². The predicted octanol–water partition coefficient (Wildman–Crippen LogP) is 6.49. The number of carbonyl (C=O) groups excluding carboxylic acids is 1. The molecule has 0 spiro atoms. The van der Waals surface area contributed by atoms with E-state index in [2.05, 4.69) is 4.99 Å². The van der Waals surface area contributed by atoms with Crippen LogP contribution < -0.4 is 9.47 Å². The fourth-order valence-corrected chi connectivity index (χ4v) is 4.73. The first kappa shape index (κ1) is 23.9. The van der Waals surface area contributed by atoms with Gasteiger partial charge >= 0.3 is 0 Å². The van der Waals surface area contributed by atoms with E-state index in [0.29, 0.717) is 23.4 Å². The molecule has 0 aliphatic carbocycles. The quantitative estimate of drug-likeness (QED) is 0.274. The molecule has 36 heavy (non-hydrogen) atoms. The topological polar surface area (TPSA) is 75.0 Å². The Labute approximate surface area is 218 Å². The molecule has 180 valence electrons. The van der Waals surface area contributed by atoms with Gasteiger partial charge in [0.15, 0.2) is 5.17 Å². The summed E-state index contributed by atoms with van der Waals surface area (Å²) in [5.74, 6) is 1.20. The Bertz CT molecular complexity index is 1370. The smallest absolute Gasteiger partial charge is 0.283 e. The van der Waals surface area contributed by atoms with Gasteiger partial charge in [0.2, 0.25) is 0 Å². The van der Waals surface area contributed by atoms with Gasteiger partial charge in [0.05, 0.1) is 24.5 Å². The molecule has 5 rings (SSSR count). The van der Waals surface area contributed by atoms with Crippen LogP contribution >= 0.6 is 23.4 Å². The van der Waals surface area contributed by atoms with Crippen LogP contribution in [-0.2, 0) is 4.79 Å². The van der Waals surface area contributed by atoms with Gasteiger partial charge in [-0.25, -0.2) is 0 Å². The summed E-state index contributed by atoms with van der Waals surface area (Å²) < 4.78 is 11.5. The molecular formula is C28H22ClN3O3S. The Morgan fingerprint density at radius 2 is 1.56 bits per heavy atom. The molecule has 2 heterocycles. The summed E-state index contributed by atoms with van der Waals surface area (Å²) in [7, 11) is 0. The summed E-state index contributed by atoms with van der Waals surface area (Å²) in [4.78, 5) is 18.6. The number of nitrogens with zero attached hydrogens (tertiary/aromatic N) is 2. The van der Waals surface area contributed by atoms with E-state index in [1.165, 1.54) is 11.8 Å². The second kappa shape index (κ2) is 10.8. The zero-order valence-corrected chi connectivity index (χ0v) is 20.8. The van der Waals surface area contributed by atoms with Crippen LogP contribution in [0.4, 0.5) is 0 Å². The number of halogens is 1. The van der Waals surface area contributed by atoms with Crippen molar-refractivity contribution < 1.29 is 14.3 Å². The lowest BCUT2D eigenvalue weighted by molar-refractivity contribution is -0.114. The first-order valence-corrected chi connectivity index (χ1v) is 12.6. The molecule has 8 heteroatoms. The van der Waals surface area contributed by atoms with Crippen molar-refractivity contribution in [2.45, 2.75) is 6.42 Å². The number of carbonyl (C=O) groups is 1. The van der Waals surface area contributed by atoms with E-state index < -0.39 is 5.91 Å². The van der Waals surface area contributed by atoms with Gasteiger partial charge in [-0.15, -0.1) is 0 Å². The van der Waals surface area contributed by atoms with Gasteiger partial charge in [-0.2, -0.15) is 4.99 Å². The van der Waals surface area contributed by atoms with Crippen molar-refractivity contribution in [3.05, 3.63) is 106 Å². The van der Waals surface area contributed by atoms with Crippen molar-refractivity contribution in [1.29, 1.82) is 5.41 Å². The van der Waals surface area contributed by atoms with Crippen LogP contribution in [0.5, 0.6) is 11.5 Å². The fraction of sp³-hybridized carbons (Fsp3) is 0.107. The molecule has 2 aliphatic heterocycles. The Morgan fingerprint density at radius 1 is 0.917 bits per heavy atom. The Balaban J connectivity index is 1.19. The summed E-state index contributed by atoms with van der Waals surface area (Å²) in [6, 6.07) is 24.5. The highest BCUT2D eigenvalue weighted by atomic mass is 35.5. The summed E-state index contributed by atoms with van der Waals surface area (Å²) in [5.41, 5.74) is 2.84. The number of thioether (sulfide) groups is 1. The lowest BCUT2D eigenvalue weighted by Crippen LogP contribution is -2.38. The van der Waals surface area contributed by atoms with Crippen molar-refractivity contribution in [3.63, 3.8) is 0 Å². The van der Waals surface area contributed by atoms with Crippen LogP contribution in [0.15, 0.2) is 94.8 Å². The van der Waals surface area contributed by atoms with Gasteiger partial charge in [0.25, 0.3) is 5.91 Å². The number of hydrogen-bond donors (Lipinski definition) is 1. The van der Waals surface area contributed by atoms with Gasteiger partial charge < -0.3 is 9.47 Å². The van der Waals surface area contributed by atoms with Crippen LogP contribution in [0.3, 0.4) is 0 Å². The van der Waals surface area contributed by atoms with Crippen LogP contribution in [0, 0.1) is 5.41 Å². The lowest BCUT2D eigenvalue weighted by atomic mass is 10.1. The molecule has 0 aromatic heterocycles. The highest BCUT2D eigenvalue weighted by Gasteiger charge is 2.36. The van der Waals surface area contributed by atoms with Crippen LogP contribution in [0.1, 0.15) is 17.5 Å². The third-order valence-corrected chi connectivity index (χ3v) is 6.59. The van der Waals surface area contributed by atoms with Gasteiger partial charge in [-0.1, -0.05) is 65.8 Å². The average molecular weight is 516 g/mol. The van der Waals surface area contributed by atoms with Crippen molar-refractivity contribution in [1.82, 2.24) is 4.90 Å². The van der Waals surface area contributed by atoms with E-state index in [1.807, 2.05) is 72.1 Å².